The van der Waals surface area contributed by atoms with Crippen LogP contribution in [0.5, 0.6) is 23.0 Å². The minimum absolute atomic E-state index is 0.0179. The molecule has 1 unspecified atom stereocenters. The monoisotopic (exact) mass is 575 g/mol. The molecule has 1 saturated heterocycles. The molecule has 3 heterocycles. The Labute approximate surface area is 239 Å². The van der Waals surface area contributed by atoms with Gasteiger partial charge in [-0.1, -0.05) is 6.07 Å². The Kier molecular flexibility index (Phi) is 6.72. The van der Waals surface area contributed by atoms with Crippen molar-refractivity contribution < 1.29 is 38.8 Å². The molecule has 3 aliphatic rings. The third-order valence-corrected chi connectivity index (χ3v) is 7.49. The van der Waals surface area contributed by atoms with Crippen LogP contribution in [0.3, 0.4) is 0 Å². The van der Waals surface area contributed by atoms with E-state index in [1.54, 1.807) is 30.3 Å². The molecule has 5 N–H and O–H groups in total. The molecule has 3 aromatic carbocycles. The number of nitrogens with one attached hydrogen (secondary N) is 3. The molecule has 1 spiro atoms. The van der Waals surface area contributed by atoms with E-state index in [9.17, 15) is 24.6 Å². The first-order valence-corrected chi connectivity index (χ1v) is 13.3. The number of esters is 1. The number of hydrogen-bond donors (Lipinski definition) is 5. The maximum Gasteiger partial charge on any atom is 0.340 e. The number of hydrogen-bond acceptors (Lipinski definition) is 9. The van der Waals surface area contributed by atoms with Gasteiger partial charge in [0.1, 0.15) is 23.0 Å². The molecular formula is C29H25N3O8S. The predicted molar refractivity (Wildman–Crippen MR) is 149 cm³/mol. The van der Waals surface area contributed by atoms with E-state index in [-0.39, 0.29) is 35.7 Å². The largest absolute Gasteiger partial charge is 0.508 e. The average molecular weight is 576 g/mol. The number of anilines is 1. The van der Waals surface area contributed by atoms with Crippen molar-refractivity contribution in [3.63, 3.8) is 0 Å². The van der Waals surface area contributed by atoms with Crippen LogP contribution in [0.25, 0.3) is 0 Å². The number of rotatable bonds is 7. The highest BCUT2D eigenvalue weighted by molar-refractivity contribution is 7.80. The zero-order valence-corrected chi connectivity index (χ0v) is 22.4. The van der Waals surface area contributed by atoms with Gasteiger partial charge in [0.15, 0.2) is 10.7 Å². The summed E-state index contributed by atoms with van der Waals surface area (Å²) in [7, 11) is 0. The van der Waals surface area contributed by atoms with Gasteiger partial charge in [0, 0.05) is 60.0 Å². The van der Waals surface area contributed by atoms with Gasteiger partial charge >= 0.3 is 5.97 Å². The summed E-state index contributed by atoms with van der Waals surface area (Å²) < 4.78 is 17.6. The molecule has 1 atom stereocenters. The smallest absolute Gasteiger partial charge is 0.340 e. The van der Waals surface area contributed by atoms with Crippen LogP contribution in [-0.4, -0.2) is 52.9 Å². The molecule has 6 rings (SSSR count). The van der Waals surface area contributed by atoms with Crippen molar-refractivity contribution in [1.82, 2.24) is 10.6 Å². The lowest BCUT2D eigenvalue weighted by atomic mass is 9.77. The van der Waals surface area contributed by atoms with Crippen molar-refractivity contribution >= 4 is 40.8 Å². The lowest BCUT2D eigenvalue weighted by Crippen LogP contribution is -2.33. The number of fused-ring (bicyclic) bond motifs is 6. The number of benzene rings is 3. The number of amides is 2. The number of carbonyl (C=O) groups is 3. The molecule has 41 heavy (non-hydrogen) atoms. The van der Waals surface area contributed by atoms with Gasteiger partial charge in [-0.2, -0.15) is 0 Å². The summed E-state index contributed by atoms with van der Waals surface area (Å²) >= 11 is 5.39. The second kappa shape index (κ2) is 10.4. The van der Waals surface area contributed by atoms with E-state index in [1.807, 2.05) is 0 Å². The molecule has 2 amide bonds. The number of thiocarbonyl (C=S) groups is 1. The Morgan fingerprint density at radius 3 is 2.32 bits per heavy atom. The Balaban J connectivity index is 1.14. The SMILES string of the molecule is O=C1CC(CCOCCNC(=S)Nc2ccc3c(c2)C(=O)OC32c3ccc(O)cc3Oc3cc(O)ccc32)C(=O)N1. The Morgan fingerprint density at radius 1 is 0.976 bits per heavy atom. The molecule has 0 saturated carbocycles. The summed E-state index contributed by atoms with van der Waals surface area (Å²) in [4.78, 5) is 36.1. The van der Waals surface area contributed by atoms with Crippen LogP contribution < -0.4 is 20.7 Å². The van der Waals surface area contributed by atoms with Crippen molar-refractivity contribution in [1.29, 1.82) is 0 Å². The van der Waals surface area contributed by atoms with E-state index in [1.165, 1.54) is 24.3 Å². The van der Waals surface area contributed by atoms with Gasteiger partial charge in [0.05, 0.1) is 12.2 Å². The van der Waals surface area contributed by atoms with E-state index in [4.69, 9.17) is 26.4 Å². The summed E-state index contributed by atoms with van der Waals surface area (Å²) in [5.74, 6) is -0.825. The molecule has 0 bridgehead atoms. The topological polar surface area (TPSA) is 155 Å². The number of phenolic OH excluding ortho intramolecular Hbond substituents is 2. The van der Waals surface area contributed by atoms with E-state index in [2.05, 4.69) is 16.0 Å². The molecule has 210 valence electrons. The van der Waals surface area contributed by atoms with Gasteiger partial charge in [-0.05, 0) is 55.0 Å². The minimum atomic E-state index is -1.34. The third kappa shape index (κ3) is 4.81. The predicted octanol–water partition coefficient (Wildman–Crippen LogP) is 3.02. The number of aromatic hydroxyl groups is 2. The maximum atomic E-state index is 13.2. The highest BCUT2D eigenvalue weighted by Gasteiger charge is 2.53. The number of ether oxygens (including phenoxy) is 3. The van der Waals surface area contributed by atoms with Crippen LogP contribution in [0.2, 0.25) is 0 Å². The Hall–Kier alpha value is -4.68. The molecule has 11 nitrogen and oxygen atoms in total. The van der Waals surface area contributed by atoms with Crippen molar-refractivity contribution in [3.8, 4) is 23.0 Å². The van der Waals surface area contributed by atoms with E-state index in [0.29, 0.717) is 70.7 Å². The molecule has 12 heteroatoms. The summed E-state index contributed by atoms with van der Waals surface area (Å²) in [6, 6.07) is 14.4. The minimum Gasteiger partial charge on any atom is -0.508 e. The van der Waals surface area contributed by atoms with Crippen molar-refractivity contribution in [3.05, 3.63) is 76.9 Å². The van der Waals surface area contributed by atoms with E-state index >= 15 is 0 Å². The normalized spacial score (nSPS) is 17.7. The maximum absolute atomic E-state index is 13.2. The number of carbonyl (C=O) groups excluding carboxylic acids is 3. The molecule has 0 aromatic heterocycles. The fourth-order valence-electron chi connectivity index (χ4n) is 5.36. The second-order valence-corrected chi connectivity index (χ2v) is 10.3. The second-order valence-electron chi connectivity index (χ2n) is 9.89. The fourth-order valence-corrected chi connectivity index (χ4v) is 5.58. The van der Waals surface area contributed by atoms with Crippen LogP contribution in [0, 0.1) is 5.92 Å². The first-order chi connectivity index (χ1) is 19.7. The Bertz CT molecular complexity index is 1560. The van der Waals surface area contributed by atoms with Crippen LogP contribution in [0.15, 0.2) is 54.6 Å². The quantitative estimate of drug-likeness (QED) is 0.122. The number of imide groups is 1. The lowest BCUT2D eigenvalue weighted by Gasteiger charge is -2.36. The molecule has 0 aliphatic carbocycles. The van der Waals surface area contributed by atoms with Crippen LogP contribution in [0.1, 0.15) is 39.9 Å². The molecular weight excluding hydrogens is 550 g/mol. The summed E-state index contributed by atoms with van der Waals surface area (Å²) in [5, 5.41) is 28.8. The molecule has 3 aliphatic heterocycles. The molecule has 3 aromatic rings. The van der Waals surface area contributed by atoms with Crippen molar-refractivity contribution in [2.45, 2.75) is 18.4 Å². The molecule has 0 radical (unpaired) electrons. The highest BCUT2D eigenvalue weighted by Crippen LogP contribution is 2.57. The summed E-state index contributed by atoms with van der Waals surface area (Å²) in [6.07, 6.45) is 0.667. The third-order valence-electron chi connectivity index (χ3n) is 7.24. The van der Waals surface area contributed by atoms with Gasteiger partial charge in [-0.15, -0.1) is 0 Å². The van der Waals surface area contributed by atoms with Gasteiger partial charge < -0.3 is 35.1 Å². The fraction of sp³-hybridized carbons (Fsp3) is 0.241. The first-order valence-electron chi connectivity index (χ1n) is 12.9. The van der Waals surface area contributed by atoms with Crippen LogP contribution >= 0.6 is 12.2 Å². The van der Waals surface area contributed by atoms with Crippen LogP contribution in [-0.2, 0) is 24.7 Å². The summed E-state index contributed by atoms with van der Waals surface area (Å²) in [6.45, 7) is 1.10. The highest BCUT2D eigenvalue weighted by atomic mass is 32.1. The Morgan fingerprint density at radius 2 is 1.66 bits per heavy atom. The first kappa shape index (κ1) is 26.5. The molecule has 1 fully saturated rings. The van der Waals surface area contributed by atoms with Crippen LogP contribution in [0.4, 0.5) is 5.69 Å². The van der Waals surface area contributed by atoms with Gasteiger partial charge in [-0.25, -0.2) is 4.79 Å². The van der Waals surface area contributed by atoms with Gasteiger partial charge in [0.25, 0.3) is 0 Å². The van der Waals surface area contributed by atoms with Crippen molar-refractivity contribution in [2.24, 2.45) is 5.92 Å². The van der Waals surface area contributed by atoms with Crippen molar-refractivity contribution in [2.75, 3.05) is 25.1 Å². The number of phenols is 2. The van der Waals surface area contributed by atoms with Gasteiger partial charge in [-0.3, -0.25) is 14.9 Å². The van der Waals surface area contributed by atoms with E-state index < -0.39 is 11.6 Å². The average Bonchev–Trinajstić information content (AvgIpc) is 3.40. The zero-order chi connectivity index (χ0) is 28.7. The van der Waals surface area contributed by atoms with E-state index in [0.717, 1.165) is 0 Å². The lowest BCUT2D eigenvalue weighted by molar-refractivity contribution is -0.126. The standard InChI is InChI=1S/C29H25N3O8S/c33-17-2-5-21-23(13-17)39-24-14-18(34)3-6-22(24)29(21)20-4-1-16(12-19(20)27(37)40-29)31-28(41)30-8-10-38-9-7-15-11-25(35)32-26(15)36/h1-6,12-15,33-34H,7-11H2,(H2,30,31,41)(H,32,35,36). The summed E-state index contributed by atoms with van der Waals surface area (Å²) in [5.41, 5.74) is 1.22. The van der Waals surface area contributed by atoms with Gasteiger partial charge in [0.2, 0.25) is 11.8 Å². The zero-order valence-electron chi connectivity index (χ0n) is 21.6.